The van der Waals surface area contributed by atoms with Crippen LogP contribution >= 0.6 is 72.4 Å². The van der Waals surface area contributed by atoms with E-state index in [4.69, 9.17) is 19.2 Å². The van der Waals surface area contributed by atoms with Crippen LogP contribution in [0.2, 0.25) is 0 Å². The zero-order valence-electron chi connectivity index (χ0n) is 24.4. The van der Waals surface area contributed by atoms with Crippen molar-refractivity contribution >= 4 is 84.5 Å². The van der Waals surface area contributed by atoms with Crippen molar-refractivity contribution < 1.29 is 19.0 Å². The second-order valence-corrected chi connectivity index (χ2v) is 14.5. The Hall–Kier alpha value is -2.49. The fourth-order valence-corrected chi connectivity index (χ4v) is 8.02. The highest BCUT2D eigenvalue weighted by atomic mass is 127. The van der Waals surface area contributed by atoms with Crippen molar-refractivity contribution in [3.8, 4) is 11.5 Å². The second kappa shape index (κ2) is 14.3. The van der Waals surface area contributed by atoms with E-state index in [1.165, 1.54) is 14.9 Å². The Labute approximate surface area is 295 Å². The van der Waals surface area contributed by atoms with Crippen LogP contribution < -0.4 is 24.4 Å². The van der Waals surface area contributed by atoms with Gasteiger partial charge in [0.05, 0.1) is 36.6 Å². The molecule has 1 atom stereocenters. The van der Waals surface area contributed by atoms with E-state index in [0.29, 0.717) is 38.5 Å². The molecular formula is C33H29BrI2N2O5S. The number of fused-ring (bicyclic) bond motifs is 1. The number of allylic oxidation sites excluding steroid dienone is 1. The minimum absolute atomic E-state index is 0.104. The van der Waals surface area contributed by atoms with Gasteiger partial charge in [0.1, 0.15) is 24.1 Å². The molecule has 0 amide bonds. The quantitative estimate of drug-likeness (QED) is 0.132. The summed E-state index contributed by atoms with van der Waals surface area (Å²) in [6, 6.07) is 18.8. The molecule has 3 aromatic carbocycles. The maximum absolute atomic E-state index is 14.1. The molecule has 0 fully saturated rings. The number of thiazole rings is 1. The summed E-state index contributed by atoms with van der Waals surface area (Å²) < 4.78 is 22.6. The third-order valence-corrected chi connectivity index (χ3v) is 9.80. The first kappa shape index (κ1) is 32.9. The van der Waals surface area contributed by atoms with Gasteiger partial charge in [0.2, 0.25) is 0 Å². The maximum Gasteiger partial charge on any atom is 0.338 e. The lowest BCUT2D eigenvalue weighted by Crippen LogP contribution is -2.40. The minimum atomic E-state index is -0.758. The number of nitrogens with zero attached hydrogens (tertiary/aromatic N) is 2. The van der Waals surface area contributed by atoms with Crippen LogP contribution in [0.25, 0.3) is 6.08 Å². The van der Waals surface area contributed by atoms with E-state index < -0.39 is 12.0 Å². The molecule has 0 saturated carbocycles. The molecule has 11 heteroatoms. The number of rotatable bonds is 9. The van der Waals surface area contributed by atoms with Crippen LogP contribution in [0.3, 0.4) is 0 Å². The van der Waals surface area contributed by atoms with Gasteiger partial charge in [0.25, 0.3) is 5.56 Å². The number of esters is 1. The number of hydrogen-bond acceptors (Lipinski definition) is 7. The number of carbonyl (C=O) groups is 1. The van der Waals surface area contributed by atoms with Crippen LogP contribution in [-0.2, 0) is 16.1 Å². The minimum Gasteiger partial charge on any atom is -0.491 e. The van der Waals surface area contributed by atoms with Gasteiger partial charge in [-0.15, -0.1) is 0 Å². The standard InChI is InChI=1S/C33H29BrI2N2O5S/c1-5-41-32(40)28-19(4)37-33-38(29(28)23-8-6-7-9-26(23)43-18(2)3)31(39)27(44-33)16-21-14-24(34)30(25(36)15-21)42-17-20-10-12-22(35)13-11-20/h6-16,18,29H,5,17H2,1-4H3/b27-16+/t29-/m1/s1. The average molecular weight is 899 g/mol. The van der Waals surface area contributed by atoms with Gasteiger partial charge in [-0.05, 0) is 136 Å². The maximum atomic E-state index is 14.1. The van der Waals surface area contributed by atoms with Crippen molar-refractivity contribution in [1.29, 1.82) is 0 Å². The Morgan fingerprint density at radius 3 is 2.55 bits per heavy atom. The van der Waals surface area contributed by atoms with Gasteiger partial charge >= 0.3 is 5.97 Å². The summed E-state index contributed by atoms with van der Waals surface area (Å²) in [4.78, 5) is 32.6. The first-order valence-electron chi connectivity index (χ1n) is 13.9. The molecule has 1 aromatic heterocycles. The Kier molecular flexibility index (Phi) is 10.7. The predicted molar refractivity (Wildman–Crippen MR) is 193 cm³/mol. The van der Waals surface area contributed by atoms with Crippen molar-refractivity contribution in [2.75, 3.05) is 6.61 Å². The molecule has 0 N–H and O–H groups in total. The Bertz CT molecular complexity index is 1910. The Morgan fingerprint density at radius 1 is 1.14 bits per heavy atom. The van der Waals surface area contributed by atoms with E-state index >= 15 is 0 Å². The number of hydrogen-bond donors (Lipinski definition) is 0. The lowest BCUT2D eigenvalue weighted by molar-refractivity contribution is -0.139. The van der Waals surface area contributed by atoms with Crippen molar-refractivity contribution in [1.82, 2.24) is 4.57 Å². The van der Waals surface area contributed by atoms with E-state index in [2.05, 4.69) is 73.2 Å². The fourth-order valence-electron chi connectivity index (χ4n) is 4.84. The molecule has 0 unspecified atom stereocenters. The molecule has 0 saturated heterocycles. The first-order chi connectivity index (χ1) is 21.1. The lowest BCUT2D eigenvalue weighted by Gasteiger charge is -2.26. The average Bonchev–Trinajstić information content (AvgIpc) is 3.26. The molecule has 0 aliphatic carbocycles. The first-order valence-corrected chi connectivity index (χ1v) is 17.7. The van der Waals surface area contributed by atoms with Gasteiger partial charge in [0, 0.05) is 9.13 Å². The molecule has 1 aliphatic rings. The topological polar surface area (TPSA) is 79.1 Å². The predicted octanol–water partition coefficient (Wildman–Crippen LogP) is 7.14. The highest BCUT2D eigenvalue weighted by Gasteiger charge is 2.35. The van der Waals surface area contributed by atoms with Crippen LogP contribution in [-0.4, -0.2) is 23.2 Å². The summed E-state index contributed by atoms with van der Waals surface area (Å²) in [6.07, 6.45) is 1.74. The largest absolute Gasteiger partial charge is 0.491 e. The van der Waals surface area contributed by atoms with Gasteiger partial charge in [-0.1, -0.05) is 41.7 Å². The summed E-state index contributed by atoms with van der Waals surface area (Å²) in [6.45, 7) is 8.05. The number of carbonyl (C=O) groups excluding carboxylic acids is 1. The normalized spacial score (nSPS) is 14.8. The zero-order valence-corrected chi connectivity index (χ0v) is 31.1. The van der Waals surface area contributed by atoms with Gasteiger partial charge < -0.3 is 14.2 Å². The van der Waals surface area contributed by atoms with Crippen molar-refractivity contribution in [2.45, 2.75) is 46.4 Å². The number of halogens is 3. The molecule has 228 valence electrons. The summed E-state index contributed by atoms with van der Waals surface area (Å²) in [5, 5.41) is 0. The van der Waals surface area contributed by atoms with Gasteiger partial charge in [-0.3, -0.25) is 9.36 Å². The molecule has 1 aliphatic heterocycles. The highest BCUT2D eigenvalue weighted by Crippen LogP contribution is 2.36. The third-order valence-electron chi connectivity index (χ3n) is 6.71. The van der Waals surface area contributed by atoms with Crippen molar-refractivity contribution in [2.24, 2.45) is 4.99 Å². The molecule has 0 radical (unpaired) electrons. The van der Waals surface area contributed by atoms with E-state index in [1.807, 2.05) is 68.5 Å². The smallest absolute Gasteiger partial charge is 0.338 e. The molecule has 2 heterocycles. The zero-order chi connectivity index (χ0) is 31.5. The SMILES string of the molecule is CCOC(=O)C1=C(C)N=c2s/c(=C/c3cc(Br)c(OCc4ccc(I)cc4)c(I)c3)c(=O)n2[C@@H]1c1ccccc1OC(C)C. The summed E-state index contributed by atoms with van der Waals surface area (Å²) >= 11 is 9.47. The molecule has 4 aromatic rings. The molecule has 7 nitrogen and oxygen atoms in total. The molecule has 44 heavy (non-hydrogen) atoms. The van der Waals surface area contributed by atoms with Gasteiger partial charge in [-0.2, -0.15) is 0 Å². The summed E-state index contributed by atoms with van der Waals surface area (Å²) in [5.74, 6) is 0.823. The van der Waals surface area contributed by atoms with Crippen LogP contribution in [0, 0.1) is 7.14 Å². The Morgan fingerprint density at radius 2 is 1.86 bits per heavy atom. The number of ether oxygens (including phenoxy) is 3. The van der Waals surface area contributed by atoms with E-state index in [-0.39, 0.29) is 18.3 Å². The molecule has 0 bridgehead atoms. The van der Waals surface area contributed by atoms with Gasteiger partial charge in [-0.25, -0.2) is 9.79 Å². The lowest BCUT2D eigenvalue weighted by atomic mass is 9.95. The van der Waals surface area contributed by atoms with E-state index in [1.54, 1.807) is 18.4 Å². The van der Waals surface area contributed by atoms with Crippen LogP contribution in [0.15, 0.2) is 86.2 Å². The number of para-hydroxylation sites is 1. The van der Waals surface area contributed by atoms with E-state index in [0.717, 1.165) is 24.9 Å². The number of benzene rings is 3. The van der Waals surface area contributed by atoms with Crippen LogP contribution in [0.4, 0.5) is 0 Å². The molecular weight excluding hydrogens is 870 g/mol. The second-order valence-electron chi connectivity index (χ2n) is 10.2. The van der Waals surface area contributed by atoms with Crippen LogP contribution in [0.1, 0.15) is 50.4 Å². The summed E-state index contributed by atoms with van der Waals surface area (Å²) in [5.41, 5.74) is 3.17. The van der Waals surface area contributed by atoms with Crippen molar-refractivity contribution in [3.63, 3.8) is 0 Å². The summed E-state index contributed by atoms with van der Waals surface area (Å²) in [7, 11) is 0. The third kappa shape index (κ3) is 7.15. The molecule has 5 rings (SSSR count). The number of aromatic nitrogens is 1. The van der Waals surface area contributed by atoms with E-state index in [9.17, 15) is 9.59 Å². The van der Waals surface area contributed by atoms with Gasteiger partial charge in [0.15, 0.2) is 4.80 Å². The van der Waals surface area contributed by atoms with Crippen molar-refractivity contribution in [3.05, 3.63) is 120 Å². The van der Waals surface area contributed by atoms with Crippen LogP contribution in [0.5, 0.6) is 11.5 Å². The highest BCUT2D eigenvalue weighted by molar-refractivity contribution is 14.1. The monoisotopic (exact) mass is 898 g/mol. The fraction of sp³-hybridized carbons (Fsp3) is 0.242. The Balaban J connectivity index is 1.58. The molecule has 0 spiro atoms.